The van der Waals surface area contributed by atoms with Crippen molar-refractivity contribution >= 4 is 10.0 Å². The largest absolute Gasteiger partial charge is 0.464 e. The van der Waals surface area contributed by atoms with Gasteiger partial charge in [-0.25, -0.2) is 13.1 Å². The first-order valence-electron chi connectivity index (χ1n) is 7.78. The molecule has 2 aromatic heterocycles. The molecular weight excluding hydrogens is 375 g/mol. The Bertz CT molecular complexity index is 814. The van der Waals surface area contributed by atoms with Gasteiger partial charge in [0.15, 0.2) is 0 Å². The topological polar surface area (TPSA) is 86.4 Å². The Morgan fingerprint density at radius 2 is 2.08 bits per heavy atom. The molecule has 0 aliphatic carbocycles. The van der Waals surface area contributed by atoms with E-state index >= 15 is 0 Å². The van der Waals surface area contributed by atoms with E-state index in [-0.39, 0.29) is 12.3 Å². The minimum absolute atomic E-state index is 0.00612. The van der Waals surface area contributed by atoms with Crippen LogP contribution < -0.4 is 4.72 Å². The number of halogens is 3. The molecule has 0 saturated heterocycles. The van der Waals surface area contributed by atoms with Crippen LogP contribution in [0.2, 0.25) is 0 Å². The van der Waals surface area contributed by atoms with Crippen molar-refractivity contribution in [2.24, 2.45) is 0 Å². The van der Waals surface area contributed by atoms with E-state index in [9.17, 15) is 21.6 Å². The summed E-state index contributed by atoms with van der Waals surface area (Å²) < 4.78 is 75.4. The molecule has 2 aromatic rings. The number of nitrogens with one attached hydrogen (secondary N) is 1. The molecule has 0 amide bonds. The lowest BCUT2D eigenvalue weighted by atomic mass is 10.2. The second-order valence-electron chi connectivity index (χ2n) is 5.66. The average molecular weight is 395 g/mol. The molecule has 0 saturated carbocycles. The summed E-state index contributed by atoms with van der Waals surface area (Å²) in [5.41, 5.74) is 0.00612. The summed E-state index contributed by atoms with van der Waals surface area (Å²) in [5, 5.41) is 3.65. The van der Waals surface area contributed by atoms with Crippen LogP contribution in [0.5, 0.6) is 0 Å². The first kappa shape index (κ1) is 20.5. The molecule has 26 heavy (non-hydrogen) atoms. The summed E-state index contributed by atoms with van der Waals surface area (Å²) in [6, 6.07) is 3.88. The molecule has 7 nitrogen and oxygen atoms in total. The molecular formula is C15H20F3N3O4S. The molecule has 2 heterocycles. The van der Waals surface area contributed by atoms with Crippen molar-refractivity contribution in [2.45, 2.75) is 37.9 Å². The van der Waals surface area contributed by atoms with Crippen molar-refractivity contribution in [2.75, 3.05) is 13.7 Å². The third-order valence-electron chi connectivity index (χ3n) is 3.40. The van der Waals surface area contributed by atoms with E-state index in [0.717, 1.165) is 6.20 Å². The van der Waals surface area contributed by atoms with Gasteiger partial charge in [0.1, 0.15) is 29.9 Å². The van der Waals surface area contributed by atoms with Crippen molar-refractivity contribution in [3.8, 4) is 0 Å². The Morgan fingerprint density at radius 3 is 2.65 bits per heavy atom. The van der Waals surface area contributed by atoms with Gasteiger partial charge in [-0.1, -0.05) is 6.92 Å². The van der Waals surface area contributed by atoms with Crippen molar-refractivity contribution < 1.29 is 30.7 Å². The summed E-state index contributed by atoms with van der Waals surface area (Å²) in [5.74, 6) is 0.542. The highest BCUT2D eigenvalue weighted by molar-refractivity contribution is 7.88. The molecule has 0 aliphatic rings. The van der Waals surface area contributed by atoms with Crippen LogP contribution in [0.4, 0.5) is 13.2 Å². The minimum Gasteiger partial charge on any atom is -0.464 e. The number of sulfonamides is 1. The van der Waals surface area contributed by atoms with Crippen LogP contribution in [0.1, 0.15) is 30.2 Å². The van der Waals surface area contributed by atoms with E-state index in [4.69, 9.17) is 9.15 Å². The van der Waals surface area contributed by atoms with Gasteiger partial charge >= 0.3 is 6.18 Å². The zero-order chi connectivity index (χ0) is 19.4. The maximum Gasteiger partial charge on any atom is 0.408 e. The molecule has 11 heteroatoms. The molecule has 0 bridgehead atoms. The van der Waals surface area contributed by atoms with Crippen LogP contribution >= 0.6 is 0 Å². The second kappa shape index (κ2) is 8.23. The lowest BCUT2D eigenvalue weighted by Crippen LogP contribution is -2.32. The molecule has 2 rings (SSSR count). The summed E-state index contributed by atoms with van der Waals surface area (Å²) in [6.07, 6.45) is -2.69. The molecule has 0 radical (unpaired) electrons. The quantitative estimate of drug-likeness (QED) is 0.705. The highest BCUT2D eigenvalue weighted by atomic mass is 32.2. The van der Waals surface area contributed by atoms with E-state index in [1.165, 1.54) is 13.2 Å². The first-order chi connectivity index (χ1) is 12.1. The molecule has 1 unspecified atom stereocenters. The summed E-state index contributed by atoms with van der Waals surface area (Å²) in [4.78, 5) is 0. The van der Waals surface area contributed by atoms with Crippen LogP contribution in [-0.4, -0.2) is 38.1 Å². The van der Waals surface area contributed by atoms with Gasteiger partial charge in [0, 0.05) is 19.7 Å². The zero-order valence-electron chi connectivity index (χ0n) is 14.3. The monoisotopic (exact) mass is 395 g/mol. The van der Waals surface area contributed by atoms with Crippen molar-refractivity contribution in [1.82, 2.24) is 14.5 Å². The molecule has 0 aromatic carbocycles. The molecule has 1 atom stereocenters. The fourth-order valence-corrected chi connectivity index (χ4v) is 3.56. The molecule has 0 aliphatic heterocycles. The number of alkyl halides is 3. The highest BCUT2D eigenvalue weighted by Crippen LogP contribution is 2.20. The third-order valence-corrected chi connectivity index (χ3v) is 4.72. The van der Waals surface area contributed by atoms with Crippen molar-refractivity contribution in [3.05, 3.63) is 41.6 Å². The fraction of sp³-hybridized carbons (Fsp3) is 0.533. The molecule has 146 valence electrons. The second-order valence-corrected chi connectivity index (χ2v) is 7.42. The van der Waals surface area contributed by atoms with Gasteiger partial charge in [0.2, 0.25) is 10.0 Å². The average Bonchev–Trinajstić information content (AvgIpc) is 3.14. The number of rotatable bonds is 9. The number of hydrogen-bond donors (Lipinski definition) is 1. The van der Waals surface area contributed by atoms with Crippen molar-refractivity contribution in [3.63, 3.8) is 0 Å². The Balaban J connectivity index is 2.08. The van der Waals surface area contributed by atoms with Gasteiger partial charge in [-0.05, 0) is 18.2 Å². The Morgan fingerprint density at radius 1 is 1.35 bits per heavy atom. The minimum atomic E-state index is -4.43. The molecule has 1 N–H and O–H groups in total. The van der Waals surface area contributed by atoms with Crippen LogP contribution in [0.25, 0.3) is 0 Å². The van der Waals surface area contributed by atoms with E-state index in [0.29, 0.717) is 22.6 Å². The zero-order valence-corrected chi connectivity index (χ0v) is 15.1. The first-order valence-corrected chi connectivity index (χ1v) is 9.43. The normalized spacial score (nSPS) is 13.9. The summed E-state index contributed by atoms with van der Waals surface area (Å²) in [7, 11) is -2.46. The lowest BCUT2D eigenvalue weighted by molar-refractivity contribution is -0.142. The number of nitrogens with zero attached hydrogens (tertiary/aromatic N) is 2. The third kappa shape index (κ3) is 6.15. The Kier molecular flexibility index (Phi) is 6.48. The SMILES string of the molecule is CCc1ccc(C(COC)NS(=O)(=O)Cc2ccn(CC(F)(F)F)n2)o1. The maximum absolute atomic E-state index is 12.3. The molecule has 0 fully saturated rings. The van der Waals surface area contributed by atoms with Gasteiger partial charge in [-0.15, -0.1) is 0 Å². The Labute approximate surface area is 149 Å². The standard InChI is InChI=1S/C15H20F3N3O4S/c1-3-12-4-5-14(25-12)13(8-24-2)20-26(22,23)9-11-6-7-21(19-11)10-15(16,17)18/h4-7,13,20H,3,8-10H2,1-2H3. The summed E-state index contributed by atoms with van der Waals surface area (Å²) >= 11 is 0. The molecule has 0 spiro atoms. The van der Waals surface area contributed by atoms with Gasteiger partial charge in [0.25, 0.3) is 0 Å². The van der Waals surface area contributed by atoms with E-state index in [1.807, 2.05) is 6.92 Å². The number of hydrogen-bond acceptors (Lipinski definition) is 5. The van der Waals surface area contributed by atoms with Crippen LogP contribution in [0, 0.1) is 0 Å². The van der Waals surface area contributed by atoms with E-state index in [2.05, 4.69) is 9.82 Å². The van der Waals surface area contributed by atoms with Crippen LogP contribution in [0.3, 0.4) is 0 Å². The predicted molar refractivity (Wildman–Crippen MR) is 86.7 cm³/mol. The Hall–Kier alpha value is -1.85. The highest BCUT2D eigenvalue weighted by Gasteiger charge is 2.29. The van der Waals surface area contributed by atoms with E-state index < -0.39 is 34.5 Å². The number of methoxy groups -OCH3 is 1. The lowest BCUT2D eigenvalue weighted by Gasteiger charge is -2.15. The van der Waals surface area contributed by atoms with Crippen LogP contribution in [-0.2, 0) is 33.5 Å². The number of ether oxygens (including phenoxy) is 1. The van der Waals surface area contributed by atoms with E-state index in [1.54, 1.807) is 12.1 Å². The maximum atomic E-state index is 12.3. The number of furan rings is 1. The summed E-state index contributed by atoms with van der Waals surface area (Å²) in [6.45, 7) is 0.659. The van der Waals surface area contributed by atoms with Gasteiger partial charge in [0.05, 0.1) is 12.3 Å². The number of aryl methyl sites for hydroxylation is 1. The van der Waals surface area contributed by atoms with Gasteiger partial charge < -0.3 is 9.15 Å². The van der Waals surface area contributed by atoms with Crippen molar-refractivity contribution in [1.29, 1.82) is 0 Å². The fourth-order valence-electron chi connectivity index (χ4n) is 2.32. The van der Waals surface area contributed by atoms with Crippen LogP contribution in [0.15, 0.2) is 28.8 Å². The number of aromatic nitrogens is 2. The smallest absolute Gasteiger partial charge is 0.408 e. The van der Waals surface area contributed by atoms with Gasteiger partial charge in [-0.2, -0.15) is 18.3 Å². The van der Waals surface area contributed by atoms with Gasteiger partial charge in [-0.3, -0.25) is 4.68 Å². The predicted octanol–water partition coefficient (Wildman–Crippen LogP) is 2.41.